The Morgan fingerprint density at radius 2 is 1.62 bits per heavy atom. The lowest BCUT2D eigenvalue weighted by molar-refractivity contribution is -0.158. The van der Waals surface area contributed by atoms with Crippen LogP contribution >= 0.6 is 0 Å². The Kier molecular flexibility index (Phi) is 7.74. The van der Waals surface area contributed by atoms with Gasteiger partial charge in [-0.2, -0.15) is 0 Å². The van der Waals surface area contributed by atoms with Crippen LogP contribution < -0.4 is 4.90 Å². The van der Waals surface area contributed by atoms with Crippen molar-refractivity contribution in [3.05, 3.63) is 65.7 Å². The number of amides is 2. The van der Waals surface area contributed by atoms with E-state index in [1.54, 1.807) is 29.2 Å². The number of alkyl halides is 2. The molecule has 2 amide bonds. The maximum Gasteiger partial charge on any atom is 0.312 e. The number of hydrogen-bond acceptors (Lipinski definition) is 4. The molecule has 2 aromatic carbocycles. The molecule has 2 saturated carbocycles. The molecular formula is C31H36F2N2O4. The number of carbonyl (C=O) groups excluding carboxylic acids is 3. The Hall–Kier alpha value is -3.29. The average Bonchev–Trinajstić information content (AvgIpc) is 3.79. The smallest absolute Gasteiger partial charge is 0.312 e. The van der Waals surface area contributed by atoms with Gasteiger partial charge in [0, 0.05) is 49.6 Å². The van der Waals surface area contributed by atoms with Crippen LogP contribution in [0.15, 0.2) is 54.6 Å². The number of rotatable bonds is 7. The third-order valence-electron chi connectivity index (χ3n) is 8.60. The second kappa shape index (κ2) is 11.1. The van der Waals surface area contributed by atoms with Crippen LogP contribution in [0, 0.1) is 5.41 Å². The van der Waals surface area contributed by atoms with Crippen molar-refractivity contribution < 1.29 is 27.9 Å². The average molecular weight is 539 g/mol. The molecule has 2 aromatic rings. The Labute approximate surface area is 228 Å². The first-order valence-electron chi connectivity index (χ1n) is 13.9. The predicted molar refractivity (Wildman–Crippen MR) is 144 cm³/mol. The van der Waals surface area contributed by atoms with Gasteiger partial charge in [-0.15, -0.1) is 0 Å². The summed E-state index contributed by atoms with van der Waals surface area (Å²) in [6.45, 7) is 0.608. The van der Waals surface area contributed by atoms with Crippen LogP contribution in [-0.2, 0) is 14.3 Å². The minimum atomic E-state index is -2.83. The van der Waals surface area contributed by atoms with E-state index in [0.717, 1.165) is 0 Å². The molecule has 0 radical (unpaired) electrons. The van der Waals surface area contributed by atoms with Crippen LogP contribution in [0.3, 0.4) is 0 Å². The van der Waals surface area contributed by atoms with E-state index in [2.05, 4.69) is 0 Å². The van der Waals surface area contributed by atoms with E-state index in [4.69, 9.17) is 4.74 Å². The van der Waals surface area contributed by atoms with Crippen LogP contribution in [0.5, 0.6) is 0 Å². The zero-order chi connectivity index (χ0) is 27.6. The third kappa shape index (κ3) is 5.99. The zero-order valence-electron chi connectivity index (χ0n) is 22.4. The number of esters is 1. The van der Waals surface area contributed by atoms with Gasteiger partial charge in [-0.1, -0.05) is 30.3 Å². The summed E-state index contributed by atoms with van der Waals surface area (Å²) in [4.78, 5) is 43.3. The van der Waals surface area contributed by atoms with E-state index < -0.39 is 29.8 Å². The summed E-state index contributed by atoms with van der Waals surface area (Å²) in [7, 11) is 1.30. The number of methoxy groups -OCH3 is 1. The van der Waals surface area contributed by atoms with Crippen molar-refractivity contribution in [2.45, 2.75) is 75.7 Å². The second-order valence-corrected chi connectivity index (χ2v) is 11.3. The predicted octanol–water partition coefficient (Wildman–Crippen LogP) is 5.96. The van der Waals surface area contributed by atoms with Crippen molar-refractivity contribution in [1.82, 2.24) is 4.90 Å². The highest BCUT2D eigenvalue weighted by atomic mass is 19.3. The summed E-state index contributed by atoms with van der Waals surface area (Å²) in [6, 6.07) is 15.9. The Morgan fingerprint density at radius 1 is 0.949 bits per heavy atom. The molecule has 0 spiro atoms. The van der Waals surface area contributed by atoms with Gasteiger partial charge in [-0.3, -0.25) is 14.4 Å². The number of halogens is 2. The maximum absolute atomic E-state index is 14.4. The molecule has 3 aliphatic rings. The summed E-state index contributed by atoms with van der Waals surface area (Å²) in [6.07, 6.45) is 2.98. The summed E-state index contributed by atoms with van der Waals surface area (Å²) >= 11 is 0. The Bertz CT molecular complexity index is 1190. The lowest BCUT2D eigenvalue weighted by Gasteiger charge is -2.42. The lowest BCUT2D eigenvalue weighted by Crippen LogP contribution is -2.51. The van der Waals surface area contributed by atoms with Crippen molar-refractivity contribution in [2.24, 2.45) is 5.41 Å². The quantitative estimate of drug-likeness (QED) is 0.408. The van der Waals surface area contributed by atoms with Gasteiger partial charge in [0.2, 0.25) is 11.8 Å². The third-order valence-corrected chi connectivity index (χ3v) is 8.60. The molecule has 1 heterocycles. The van der Waals surface area contributed by atoms with Crippen LogP contribution in [0.1, 0.15) is 79.6 Å². The summed E-state index contributed by atoms with van der Waals surface area (Å²) in [5.41, 5.74) is 1.29. The topological polar surface area (TPSA) is 66.9 Å². The number of anilines is 1. The molecule has 0 aromatic heterocycles. The molecule has 1 unspecified atom stereocenters. The van der Waals surface area contributed by atoms with Gasteiger partial charge in [0.15, 0.2) is 0 Å². The standard InChI is InChI=1S/C31H36F2N2O4/c1-39-29(38)30(16-18-34(19-17-30)28(37)24-13-11-23(12-14-24)22-9-10-22)21-27(36)35(25-6-3-2-4-7-25)26-8-5-15-31(32,33)20-26/h2-4,6-7,11-14,22,26H,5,8-10,15-21H2,1H3. The van der Waals surface area contributed by atoms with Crippen molar-refractivity contribution >= 4 is 23.5 Å². The van der Waals surface area contributed by atoms with Crippen LogP contribution in [0.25, 0.3) is 0 Å². The highest BCUT2D eigenvalue weighted by Gasteiger charge is 2.47. The molecule has 6 nitrogen and oxygen atoms in total. The fourth-order valence-corrected chi connectivity index (χ4v) is 6.19. The van der Waals surface area contributed by atoms with Crippen molar-refractivity contribution in [2.75, 3.05) is 25.1 Å². The van der Waals surface area contributed by atoms with E-state index in [9.17, 15) is 23.2 Å². The highest BCUT2D eigenvalue weighted by molar-refractivity contribution is 5.98. The number of nitrogens with zero attached hydrogens (tertiary/aromatic N) is 2. The van der Waals surface area contributed by atoms with Gasteiger partial charge < -0.3 is 14.5 Å². The SMILES string of the molecule is COC(=O)C1(CC(=O)N(c2ccccc2)C2CCCC(F)(F)C2)CCN(C(=O)c2ccc(C3CC3)cc2)CC1. The number of para-hydroxylation sites is 1. The van der Waals surface area contributed by atoms with Gasteiger partial charge in [-0.05, 0) is 74.3 Å². The van der Waals surface area contributed by atoms with E-state index in [-0.39, 0.29) is 37.5 Å². The maximum atomic E-state index is 14.4. The van der Waals surface area contributed by atoms with Gasteiger partial charge in [0.25, 0.3) is 5.91 Å². The number of carbonyl (C=O) groups is 3. The van der Waals surface area contributed by atoms with E-state index in [0.29, 0.717) is 43.1 Å². The van der Waals surface area contributed by atoms with Crippen LogP contribution in [0.4, 0.5) is 14.5 Å². The number of piperidine rings is 1. The largest absolute Gasteiger partial charge is 0.469 e. The number of likely N-dealkylation sites (tertiary alicyclic amines) is 1. The molecule has 8 heteroatoms. The highest BCUT2D eigenvalue weighted by Crippen LogP contribution is 2.42. The van der Waals surface area contributed by atoms with Gasteiger partial charge in [0.05, 0.1) is 12.5 Å². The normalized spacial score (nSPS) is 22.1. The molecule has 0 bridgehead atoms. The van der Waals surface area contributed by atoms with Gasteiger partial charge in [-0.25, -0.2) is 8.78 Å². The minimum Gasteiger partial charge on any atom is -0.469 e. The van der Waals surface area contributed by atoms with Crippen molar-refractivity contribution in [3.8, 4) is 0 Å². The van der Waals surface area contributed by atoms with Crippen molar-refractivity contribution in [3.63, 3.8) is 0 Å². The zero-order valence-corrected chi connectivity index (χ0v) is 22.4. The number of benzene rings is 2. The molecule has 1 aliphatic heterocycles. The summed E-state index contributed by atoms with van der Waals surface area (Å²) < 4.78 is 33.9. The fourth-order valence-electron chi connectivity index (χ4n) is 6.19. The van der Waals surface area contributed by atoms with Crippen LogP contribution in [0.2, 0.25) is 0 Å². The molecule has 0 N–H and O–H groups in total. The van der Waals surface area contributed by atoms with E-state index in [1.165, 1.54) is 30.4 Å². The Balaban J connectivity index is 1.32. The lowest BCUT2D eigenvalue weighted by atomic mass is 9.74. The molecule has 1 saturated heterocycles. The fraction of sp³-hybridized carbons (Fsp3) is 0.516. The van der Waals surface area contributed by atoms with Gasteiger partial charge in [0.1, 0.15) is 0 Å². The molecule has 39 heavy (non-hydrogen) atoms. The van der Waals surface area contributed by atoms with Crippen molar-refractivity contribution in [1.29, 1.82) is 0 Å². The second-order valence-electron chi connectivity index (χ2n) is 11.3. The van der Waals surface area contributed by atoms with Gasteiger partial charge >= 0.3 is 5.97 Å². The first-order chi connectivity index (χ1) is 18.7. The molecule has 3 fully saturated rings. The summed E-state index contributed by atoms with van der Waals surface area (Å²) in [5.74, 6) is -3.20. The summed E-state index contributed by atoms with van der Waals surface area (Å²) in [5, 5.41) is 0. The molecule has 2 aliphatic carbocycles. The molecule has 208 valence electrons. The number of hydrogen-bond donors (Lipinski definition) is 0. The molecule has 1 atom stereocenters. The first-order valence-corrected chi connectivity index (χ1v) is 13.9. The van der Waals surface area contributed by atoms with E-state index >= 15 is 0 Å². The molecular weight excluding hydrogens is 502 g/mol. The first kappa shape index (κ1) is 27.3. The monoisotopic (exact) mass is 538 g/mol. The van der Waals surface area contributed by atoms with E-state index in [1.807, 2.05) is 30.3 Å². The van der Waals surface area contributed by atoms with Crippen LogP contribution in [-0.4, -0.2) is 54.8 Å². The minimum absolute atomic E-state index is 0.0995. The Morgan fingerprint density at radius 3 is 2.21 bits per heavy atom. The molecule has 5 rings (SSSR count). The number of ether oxygens (including phenoxy) is 1.